The first kappa shape index (κ1) is 18.2. The van der Waals surface area contributed by atoms with E-state index in [1.807, 2.05) is 48.1 Å². The summed E-state index contributed by atoms with van der Waals surface area (Å²) >= 11 is 0. The number of hydrogen-bond acceptors (Lipinski definition) is 4. The van der Waals surface area contributed by atoms with Crippen molar-refractivity contribution < 1.29 is 9.59 Å². The van der Waals surface area contributed by atoms with Crippen molar-refractivity contribution in [3.8, 4) is 11.3 Å². The van der Waals surface area contributed by atoms with Crippen molar-refractivity contribution in [1.82, 2.24) is 24.6 Å². The van der Waals surface area contributed by atoms with E-state index in [4.69, 9.17) is 4.98 Å². The molecule has 1 aliphatic rings. The SMILES string of the molecule is CCn1cc(-c2cc(C(=O)N3CCN(C)C(=O)[C@@H]3C)c3ccccc3n2)cn1. The molecule has 0 bridgehead atoms. The van der Waals surface area contributed by atoms with Crippen LogP contribution in [0.2, 0.25) is 0 Å². The molecule has 2 aromatic heterocycles. The van der Waals surface area contributed by atoms with Crippen LogP contribution in [0.25, 0.3) is 22.2 Å². The van der Waals surface area contributed by atoms with Gasteiger partial charge in [-0.25, -0.2) is 4.98 Å². The van der Waals surface area contributed by atoms with Gasteiger partial charge in [0.1, 0.15) is 6.04 Å². The summed E-state index contributed by atoms with van der Waals surface area (Å²) < 4.78 is 1.83. The van der Waals surface area contributed by atoms with Gasteiger partial charge in [-0.1, -0.05) is 18.2 Å². The summed E-state index contributed by atoms with van der Waals surface area (Å²) in [6, 6.07) is 8.94. The second-order valence-electron chi connectivity index (χ2n) is 7.09. The van der Waals surface area contributed by atoms with E-state index in [-0.39, 0.29) is 11.8 Å². The minimum atomic E-state index is -0.482. The van der Waals surface area contributed by atoms with Gasteiger partial charge in [-0.15, -0.1) is 0 Å². The Morgan fingerprint density at radius 1 is 1.25 bits per heavy atom. The highest BCUT2D eigenvalue weighted by atomic mass is 16.2. The summed E-state index contributed by atoms with van der Waals surface area (Å²) in [5, 5.41) is 5.11. The number of fused-ring (bicyclic) bond motifs is 1. The van der Waals surface area contributed by atoms with Gasteiger partial charge in [-0.3, -0.25) is 14.3 Å². The average Bonchev–Trinajstić information content (AvgIpc) is 3.20. The van der Waals surface area contributed by atoms with Crippen LogP contribution in [-0.2, 0) is 11.3 Å². The van der Waals surface area contributed by atoms with Gasteiger partial charge >= 0.3 is 0 Å². The van der Waals surface area contributed by atoms with Gasteiger partial charge in [0.15, 0.2) is 0 Å². The van der Waals surface area contributed by atoms with Crippen molar-refractivity contribution in [3.63, 3.8) is 0 Å². The van der Waals surface area contributed by atoms with Crippen LogP contribution in [0.15, 0.2) is 42.7 Å². The maximum Gasteiger partial charge on any atom is 0.255 e. The number of likely N-dealkylation sites (N-methyl/N-ethyl adjacent to an activating group) is 1. The Bertz CT molecular complexity index is 1060. The lowest BCUT2D eigenvalue weighted by molar-refractivity contribution is -0.137. The molecule has 2 amide bonds. The number of hydrogen-bond donors (Lipinski definition) is 0. The third-order valence-corrected chi connectivity index (χ3v) is 5.34. The predicted octanol–water partition coefficient (Wildman–Crippen LogP) is 2.42. The minimum absolute atomic E-state index is 0.0394. The number of aryl methyl sites for hydroxylation is 1. The van der Waals surface area contributed by atoms with E-state index in [9.17, 15) is 9.59 Å². The number of carbonyl (C=O) groups excluding carboxylic acids is 2. The molecule has 7 heteroatoms. The first-order valence-corrected chi connectivity index (χ1v) is 9.48. The standard InChI is InChI=1S/C21H23N5O2/c1-4-25-13-15(12-22-25)19-11-17(16-7-5-6-8-18(16)23-19)21(28)26-10-9-24(3)20(27)14(26)2/h5-8,11-14H,4,9-10H2,1-3H3/t14-/m0/s1. The molecule has 3 aromatic rings. The molecule has 144 valence electrons. The third-order valence-electron chi connectivity index (χ3n) is 5.34. The number of pyridine rings is 1. The maximum atomic E-state index is 13.4. The lowest BCUT2D eigenvalue weighted by Gasteiger charge is -2.37. The molecule has 1 saturated heterocycles. The maximum absolute atomic E-state index is 13.4. The zero-order valence-electron chi connectivity index (χ0n) is 16.3. The Labute approximate surface area is 163 Å². The van der Waals surface area contributed by atoms with Crippen molar-refractivity contribution in [2.24, 2.45) is 0 Å². The minimum Gasteiger partial charge on any atom is -0.342 e. The lowest BCUT2D eigenvalue weighted by atomic mass is 10.0. The van der Waals surface area contributed by atoms with Gasteiger partial charge in [0.2, 0.25) is 5.91 Å². The van der Waals surface area contributed by atoms with Crippen LogP contribution in [0.4, 0.5) is 0 Å². The first-order chi connectivity index (χ1) is 13.5. The van der Waals surface area contributed by atoms with Crippen molar-refractivity contribution in [2.75, 3.05) is 20.1 Å². The summed E-state index contributed by atoms with van der Waals surface area (Å²) in [5.41, 5.74) is 2.88. The molecule has 1 atom stereocenters. The molecule has 0 aliphatic carbocycles. The van der Waals surface area contributed by atoms with Crippen LogP contribution >= 0.6 is 0 Å². The van der Waals surface area contributed by atoms with Crippen LogP contribution in [0.1, 0.15) is 24.2 Å². The third kappa shape index (κ3) is 3.02. The number of benzene rings is 1. The molecule has 3 heterocycles. The monoisotopic (exact) mass is 377 g/mol. The highest BCUT2D eigenvalue weighted by Crippen LogP contribution is 2.27. The van der Waals surface area contributed by atoms with Crippen LogP contribution < -0.4 is 0 Å². The largest absolute Gasteiger partial charge is 0.342 e. The number of nitrogens with zero attached hydrogens (tertiary/aromatic N) is 5. The topological polar surface area (TPSA) is 71.3 Å². The zero-order chi connectivity index (χ0) is 19.8. The fourth-order valence-electron chi connectivity index (χ4n) is 3.61. The van der Waals surface area contributed by atoms with Crippen LogP contribution in [0, 0.1) is 0 Å². The number of piperazine rings is 1. The van der Waals surface area contributed by atoms with Gasteiger partial charge < -0.3 is 9.80 Å². The Hall–Kier alpha value is -3.22. The second kappa shape index (κ2) is 7.07. The molecule has 0 radical (unpaired) electrons. The number of amides is 2. The van der Waals surface area contributed by atoms with Gasteiger partial charge in [0, 0.05) is 43.8 Å². The first-order valence-electron chi connectivity index (χ1n) is 9.48. The Morgan fingerprint density at radius 2 is 2.04 bits per heavy atom. The molecule has 7 nitrogen and oxygen atoms in total. The van der Waals surface area contributed by atoms with E-state index in [0.29, 0.717) is 24.3 Å². The van der Waals surface area contributed by atoms with E-state index in [1.165, 1.54) is 0 Å². The molecular weight excluding hydrogens is 354 g/mol. The van der Waals surface area contributed by atoms with Crippen LogP contribution in [0.3, 0.4) is 0 Å². The molecular formula is C21H23N5O2. The number of carbonyl (C=O) groups is 2. The molecule has 4 rings (SSSR count). The number of para-hydroxylation sites is 1. The molecule has 1 aromatic carbocycles. The quantitative estimate of drug-likeness (QED) is 0.703. The van der Waals surface area contributed by atoms with Gasteiger partial charge in [-0.2, -0.15) is 5.10 Å². The summed E-state index contributed by atoms with van der Waals surface area (Å²) in [6.45, 7) is 5.62. The van der Waals surface area contributed by atoms with Crippen LogP contribution in [0.5, 0.6) is 0 Å². The Kier molecular flexibility index (Phi) is 4.58. The van der Waals surface area contributed by atoms with Crippen LogP contribution in [-0.4, -0.2) is 62.6 Å². The van der Waals surface area contributed by atoms with E-state index in [1.54, 1.807) is 30.0 Å². The highest BCUT2D eigenvalue weighted by Gasteiger charge is 2.33. The summed E-state index contributed by atoms with van der Waals surface area (Å²) in [6.07, 6.45) is 3.68. The summed E-state index contributed by atoms with van der Waals surface area (Å²) in [5.74, 6) is -0.181. The van der Waals surface area contributed by atoms with Gasteiger partial charge in [0.25, 0.3) is 5.91 Å². The van der Waals surface area contributed by atoms with E-state index in [0.717, 1.165) is 23.0 Å². The van der Waals surface area contributed by atoms with Crippen molar-refractivity contribution in [2.45, 2.75) is 26.4 Å². The van der Waals surface area contributed by atoms with Gasteiger partial charge in [0.05, 0.1) is 23.0 Å². The van der Waals surface area contributed by atoms with E-state index in [2.05, 4.69) is 5.10 Å². The zero-order valence-corrected chi connectivity index (χ0v) is 16.3. The molecule has 0 unspecified atom stereocenters. The summed E-state index contributed by atoms with van der Waals surface area (Å²) in [4.78, 5) is 33.9. The van der Waals surface area contributed by atoms with Crippen molar-refractivity contribution in [1.29, 1.82) is 0 Å². The molecule has 28 heavy (non-hydrogen) atoms. The number of rotatable bonds is 3. The number of aromatic nitrogens is 3. The van der Waals surface area contributed by atoms with E-state index < -0.39 is 6.04 Å². The van der Waals surface area contributed by atoms with Crippen molar-refractivity contribution in [3.05, 3.63) is 48.3 Å². The molecule has 1 aliphatic heterocycles. The molecule has 0 saturated carbocycles. The molecule has 0 spiro atoms. The smallest absolute Gasteiger partial charge is 0.255 e. The lowest BCUT2D eigenvalue weighted by Crippen LogP contribution is -2.56. The van der Waals surface area contributed by atoms with Crippen molar-refractivity contribution >= 4 is 22.7 Å². The second-order valence-corrected chi connectivity index (χ2v) is 7.09. The Balaban J connectivity index is 1.81. The average molecular weight is 377 g/mol. The predicted molar refractivity (Wildman–Crippen MR) is 107 cm³/mol. The normalized spacial score (nSPS) is 17.4. The highest BCUT2D eigenvalue weighted by molar-refractivity contribution is 6.08. The van der Waals surface area contributed by atoms with Gasteiger partial charge in [-0.05, 0) is 26.0 Å². The summed E-state index contributed by atoms with van der Waals surface area (Å²) in [7, 11) is 1.77. The molecule has 0 N–H and O–H groups in total. The fourth-order valence-corrected chi connectivity index (χ4v) is 3.61. The van der Waals surface area contributed by atoms with E-state index >= 15 is 0 Å². The fraction of sp³-hybridized carbons (Fsp3) is 0.333. The Morgan fingerprint density at radius 3 is 2.79 bits per heavy atom. The molecule has 1 fully saturated rings.